The minimum Gasteiger partial charge on any atom is -0.489 e. The number of benzene rings is 1. The minimum atomic E-state index is -1.52. The standard InChI is InChI=1S/C23H21F4N3O2/c1-12-21(10-28-13(2)29-12)32-11-23(14-5-16(25)7-17(26)6-14)9-18(23)22(31)30-20-4-3-15(24)8-19(20)27/h3-5,7-8,10,17-18H,6,9,11H2,1-2H3,(H,30,31)/t17?,18-,23+/m0/s1. The van der Waals surface area contributed by atoms with Crippen LogP contribution in [0.15, 0.2) is 47.9 Å². The van der Waals surface area contributed by atoms with E-state index < -0.39 is 40.9 Å². The normalized spacial score (nSPS) is 24.4. The lowest BCUT2D eigenvalue weighted by Gasteiger charge is -2.25. The number of halogens is 4. The number of aryl methyl sites for hydroxylation is 2. The fourth-order valence-corrected chi connectivity index (χ4v) is 4.05. The maximum atomic E-state index is 14.1. The number of amides is 1. The molecule has 5 nitrogen and oxygen atoms in total. The number of aromatic nitrogens is 2. The van der Waals surface area contributed by atoms with Crippen LogP contribution >= 0.6 is 0 Å². The maximum absolute atomic E-state index is 14.1. The molecule has 1 heterocycles. The molecule has 0 saturated heterocycles. The fourth-order valence-electron chi connectivity index (χ4n) is 4.05. The van der Waals surface area contributed by atoms with Gasteiger partial charge in [-0.25, -0.2) is 27.5 Å². The van der Waals surface area contributed by atoms with E-state index in [0.717, 1.165) is 18.2 Å². The van der Waals surface area contributed by atoms with E-state index >= 15 is 0 Å². The lowest BCUT2D eigenvalue weighted by Crippen LogP contribution is -2.27. The van der Waals surface area contributed by atoms with Gasteiger partial charge in [-0.15, -0.1) is 0 Å². The molecule has 1 fully saturated rings. The quantitative estimate of drug-likeness (QED) is 0.639. The first-order chi connectivity index (χ1) is 15.2. The van der Waals surface area contributed by atoms with E-state index in [1.165, 1.54) is 12.3 Å². The number of nitrogens with zero attached hydrogens (tertiary/aromatic N) is 2. The van der Waals surface area contributed by atoms with Crippen molar-refractivity contribution in [2.45, 2.75) is 32.9 Å². The molecular formula is C23H21F4N3O2. The molecular weight excluding hydrogens is 426 g/mol. The summed E-state index contributed by atoms with van der Waals surface area (Å²) >= 11 is 0. The van der Waals surface area contributed by atoms with Gasteiger partial charge < -0.3 is 10.1 Å². The van der Waals surface area contributed by atoms with E-state index in [1.54, 1.807) is 13.8 Å². The highest BCUT2D eigenvalue weighted by Gasteiger charge is 2.61. The highest BCUT2D eigenvalue weighted by Crippen LogP contribution is 2.60. The molecule has 1 N–H and O–H groups in total. The van der Waals surface area contributed by atoms with Gasteiger partial charge in [0.15, 0.2) is 5.75 Å². The SMILES string of the molecule is Cc1ncc(OC[C@@]2(C3=CC(F)=CC(F)C3)C[C@H]2C(=O)Nc2ccc(F)cc2F)c(C)n1. The molecule has 0 spiro atoms. The van der Waals surface area contributed by atoms with Gasteiger partial charge >= 0.3 is 0 Å². The second kappa shape index (κ2) is 8.37. The van der Waals surface area contributed by atoms with Crippen molar-refractivity contribution in [2.75, 3.05) is 11.9 Å². The summed E-state index contributed by atoms with van der Waals surface area (Å²) in [6, 6.07) is 2.81. The third-order valence-corrected chi connectivity index (χ3v) is 5.83. The van der Waals surface area contributed by atoms with E-state index in [1.807, 2.05) is 0 Å². The molecule has 32 heavy (non-hydrogen) atoms. The molecule has 1 unspecified atom stereocenters. The Morgan fingerprint density at radius 3 is 2.75 bits per heavy atom. The van der Waals surface area contributed by atoms with Crippen LogP contribution in [0.2, 0.25) is 0 Å². The second-order valence-corrected chi connectivity index (χ2v) is 8.12. The van der Waals surface area contributed by atoms with E-state index in [2.05, 4.69) is 15.3 Å². The van der Waals surface area contributed by atoms with Crippen molar-refractivity contribution < 1.29 is 27.1 Å². The molecule has 2 aliphatic carbocycles. The van der Waals surface area contributed by atoms with Gasteiger partial charge in [-0.3, -0.25) is 4.79 Å². The van der Waals surface area contributed by atoms with Crippen molar-refractivity contribution in [1.29, 1.82) is 0 Å². The maximum Gasteiger partial charge on any atom is 0.228 e. The molecule has 0 aliphatic heterocycles. The van der Waals surface area contributed by atoms with E-state index in [-0.39, 0.29) is 25.1 Å². The molecule has 2 aliphatic rings. The van der Waals surface area contributed by atoms with Gasteiger partial charge in [-0.2, -0.15) is 0 Å². The number of ether oxygens (including phenoxy) is 1. The van der Waals surface area contributed by atoms with Gasteiger partial charge in [0.1, 0.15) is 29.5 Å². The van der Waals surface area contributed by atoms with Gasteiger partial charge in [0.2, 0.25) is 5.91 Å². The Bertz CT molecular complexity index is 1130. The van der Waals surface area contributed by atoms with Crippen LogP contribution in [0.5, 0.6) is 5.75 Å². The Morgan fingerprint density at radius 1 is 1.28 bits per heavy atom. The zero-order valence-electron chi connectivity index (χ0n) is 17.5. The molecule has 1 aromatic heterocycles. The number of hydrogen-bond acceptors (Lipinski definition) is 4. The summed E-state index contributed by atoms with van der Waals surface area (Å²) in [5, 5.41) is 2.44. The molecule has 9 heteroatoms. The third kappa shape index (κ3) is 4.37. The molecule has 1 saturated carbocycles. The first-order valence-corrected chi connectivity index (χ1v) is 10.1. The van der Waals surface area contributed by atoms with E-state index in [9.17, 15) is 22.4 Å². The summed E-state index contributed by atoms with van der Waals surface area (Å²) in [6.45, 7) is 3.44. The first kappa shape index (κ1) is 22.0. The number of alkyl halides is 1. The van der Waals surface area contributed by atoms with Gasteiger partial charge in [-0.05, 0) is 44.6 Å². The molecule has 168 valence electrons. The number of allylic oxidation sites excluding steroid dienone is 3. The number of hydrogen-bond donors (Lipinski definition) is 1. The van der Waals surface area contributed by atoms with Gasteiger partial charge in [0.05, 0.1) is 30.1 Å². The Balaban J connectivity index is 1.58. The van der Waals surface area contributed by atoms with Crippen molar-refractivity contribution in [1.82, 2.24) is 9.97 Å². The molecule has 1 aromatic carbocycles. The summed E-state index contributed by atoms with van der Waals surface area (Å²) < 4.78 is 61.1. The number of carbonyl (C=O) groups is 1. The Morgan fingerprint density at radius 2 is 2.06 bits per heavy atom. The number of rotatable bonds is 6. The first-order valence-electron chi connectivity index (χ1n) is 10.1. The Hall–Kier alpha value is -3.23. The number of carbonyl (C=O) groups excluding carboxylic acids is 1. The summed E-state index contributed by atoms with van der Waals surface area (Å²) in [5.41, 5.74) is -0.133. The van der Waals surface area contributed by atoms with Crippen LogP contribution in [-0.4, -0.2) is 28.7 Å². The van der Waals surface area contributed by atoms with Crippen molar-refractivity contribution >= 4 is 11.6 Å². The van der Waals surface area contributed by atoms with Crippen LogP contribution in [0.3, 0.4) is 0 Å². The minimum absolute atomic E-state index is 0.0317. The Labute approximate surface area is 182 Å². The smallest absolute Gasteiger partial charge is 0.228 e. The number of anilines is 1. The number of nitrogens with one attached hydrogen (secondary N) is 1. The van der Waals surface area contributed by atoms with Crippen molar-refractivity contribution in [3.63, 3.8) is 0 Å². The van der Waals surface area contributed by atoms with Crippen LogP contribution in [-0.2, 0) is 4.79 Å². The summed E-state index contributed by atoms with van der Waals surface area (Å²) in [4.78, 5) is 21.2. The predicted octanol–water partition coefficient (Wildman–Crippen LogP) is 4.92. The van der Waals surface area contributed by atoms with Crippen LogP contribution in [0.1, 0.15) is 24.4 Å². The topological polar surface area (TPSA) is 64.1 Å². The van der Waals surface area contributed by atoms with E-state index in [0.29, 0.717) is 28.9 Å². The highest BCUT2D eigenvalue weighted by molar-refractivity contribution is 5.95. The van der Waals surface area contributed by atoms with Crippen molar-refractivity contribution in [2.24, 2.45) is 11.3 Å². The van der Waals surface area contributed by atoms with E-state index in [4.69, 9.17) is 4.74 Å². The summed E-state index contributed by atoms with van der Waals surface area (Å²) in [5.74, 6) is -2.68. The molecule has 4 rings (SSSR count). The van der Waals surface area contributed by atoms with Crippen molar-refractivity contribution in [3.8, 4) is 5.75 Å². The monoisotopic (exact) mass is 447 g/mol. The summed E-state index contributed by atoms with van der Waals surface area (Å²) in [7, 11) is 0. The molecule has 0 bridgehead atoms. The van der Waals surface area contributed by atoms with Gasteiger partial charge in [0.25, 0.3) is 0 Å². The third-order valence-electron chi connectivity index (χ3n) is 5.83. The fraction of sp³-hybridized carbons (Fsp3) is 0.348. The molecule has 0 radical (unpaired) electrons. The zero-order valence-corrected chi connectivity index (χ0v) is 17.5. The van der Waals surface area contributed by atoms with Gasteiger partial charge in [0, 0.05) is 17.9 Å². The largest absolute Gasteiger partial charge is 0.489 e. The van der Waals surface area contributed by atoms with Crippen molar-refractivity contribution in [3.05, 3.63) is 71.1 Å². The average molecular weight is 447 g/mol. The molecule has 1 amide bonds. The lowest BCUT2D eigenvalue weighted by molar-refractivity contribution is -0.118. The second-order valence-electron chi connectivity index (χ2n) is 8.12. The molecule has 2 aromatic rings. The van der Waals surface area contributed by atoms with Crippen LogP contribution in [0, 0.1) is 36.8 Å². The van der Waals surface area contributed by atoms with Crippen LogP contribution < -0.4 is 10.1 Å². The average Bonchev–Trinajstić information content (AvgIpc) is 3.45. The Kier molecular flexibility index (Phi) is 5.75. The van der Waals surface area contributed by atoms with Crippen LogP contribution in [0.25, 0.3) is 0 Å². The van der Waals surface area contributed by atoms with Gasteiger partial charge in [-0.1, -0.05) is 5.57 Å². The predicted molar refractivity (Wildman–Crippen MR) is 109 cm³/mol. The lowest BCUT2D eigenvalue weighted by atomic mass is 9.86. The molecule has 3 atom stereocenters. The van der Waals surface area contributed by atoms with Crippen LogP contribution in [0.4, 0.5) is 23.2 Å². The summed E-state index contributed by atoms with van der Waals surface area (Å²) in [6.07, 6.45) is 2.28. The highest BCUT2D eigenvalue weighted by atomic mass is 19.1. The zero-order chi connectivity index (χ0) is 23.0.